The Balaban J connectivity index is 1.98. The third-order valence-corrected chi connectivity index (χ3v) is 4.49. The zero-order valence-corrected chi connectivity index (χ0v) is 15.8. The first-order valence-electron chi connectivity index (χ1n) is 8.89. The van der Waals surface area contributed by atoms with Gasteiger partial charge in [0.1, 0.15) is 11.3 Å². The predicted octanol–water partition coefficient (Wildman–Crippen LogP) is 4.53. The Bertz CT molecular complexity index is 1060. The molecule has 1 amide bonds. The van der Waals surface area contributed by atoms with Gasteiger partial charge in [0, 0.05) is 0 Å². The maximum atomic E-state index is 12.8. The minimum Gasteiger partial charge on any atom is -0.341 e. The molecule has 0 aliphatic heterocycles. The van der Waals surface area contributed by atoms with Crippen LogP contribution in [-0.4, -0.2) is 10.9 Å². The lowest BCUT2D eigenvalue weighted by Crippen LogP contribution is -2.34. The number of pyridine rings is 1. The highest BCUT2D eigenvalue weighted by molar-refractivity contribution is 5.94. The molecular formula is C22H19F3N2O2. The van der Waals surface area contributed by atoms with E-state index in [4.69, 9.17) is 0 Å². The Labute approximate surface area is 165 Å². The highest BCUT2D eigenvalue weighted by Gasteiger charge is 2.32. The van der Waals surface area contributed by atoms with E-state index in [1.807, 2.05) is 62.4 Å². The average molecular weight is 400 g/mol. The van der Waals surface area contributed by atoms with Crippen LogP contribution in [0.2, 0.25) is 0 Å². The predicted molar refractivity (Wildman–Crippen MR) is 104 cm³/mol. The topological polar surface area (TPSA) is 62.0 Å². The van der Waals surface area contributed by atoms with Gasteiger partial charge in [0.2, 0.25) is 0 Å². The van der Waals surface area contributed by atoms with Crippen LogP contribution in [0.15, 0.2) is 65.5 Å². The van der Waals surface area contributed by atoms with Crippen molar-refractivity contribution in [1.82, 2.24) is 10.3 Å². The van der Waals surface area contributed by atoms with Crippen LogP contribution in [0.1, 0.15) is 44.3 Å². The zero-order valence-electron chi connectivity index (χ0n) is 15.8. The third kappa shape index (κ3) is 4.74. The summed E-state index contributed by atoms with van der Waals surface area (Å²) in [5.41, 5.74) is 0.893. The van der Waals surface area contributed by atoms with Gasteiger partial charge in [0.15, 0.2) is 0 Å². The number of aromatic nitrogens is 1. The summed E-state index contributed by atoms with van der Waals surface area (Å²) >= 11 is 0. The molecule has 7 heteroatoms. The lowest BCUT2D eigenvalue weighted by atomic mass is 9.96. The summed E-state index contributed by atoms with van der Waals surface area (Å²) in [4.78, 5) is 26.5. The van der Waals surface area contributed by atoms with Crippen molar-refractivity contribution in [1.29, 1.82) is 0 Å². The Morgan fingerprint density at radius 2 is 1.48 bits per heavy atom. The van der Waals surface area contributed by atoms with E-state index in [1.54, 1.807) is 4.98 Å². The van der Waals surface area contributed by atoms with Gasteiger partial charge in [0.25, 0.3) is 11.5 Å². The van der Waals surface area contributed by atoms with Crippen LogP contribution in [0.25, 0.3) is 0 Å². The van der Waals surface area contributed by atoms with Gasteiger partial charge in [-0.25, -0.2) is 0 Å². The van der Waals surface area contributed by atoms with Crippen molar-refractivity contribution in [2.75, 3.05) is 0 Å². The molecule has 0 unspecified atom stereocenters. The van der Waals surface area contributed by atoms with Crippen molar-refractivity contribution < 1.29 is 18.0 Å². The fourth-order valence-corrected chi connectivity index (χ4v) is 3.09. The molecule has 0 saturated heterocycles. The molecule has 0 spiro atoms. The monoisotopic (exact) mass is 400 g/mol. The van der Waals surface area contributed by atoms with Gasteiger partial charge < -0.3 is 10.3 Å². The largest absolute Gasteiger partial charge is 0.431 e. The molecule has 0 saturated carbocycles. The van der Waals surface area contributed by atoms with Gasteiger partial charge in [-0.3, -0.25) is 9.59 Å². The molecule has 2 N–H and O–H groups in total. The molecule has 3 aromatic rings. The first-order valence-corrected chi connectivity index (χ1v) is 8.89. The number of aromatic amines is 1. The molecule has 0 atom stereocenters. The Hall–Kier alpha value is -3.35. The van der Waals surface area contributed by atoms with E-state index in [0.717, 1.165) is 28.3 Å². The number of carbonyl (C=O) groups is 1. The third-order valence-electron chi connectivity index (χ3n) is 4.49. The number of halogens is 3. The fourth-order valence-electron chi connectivity index (χ4n) is 3.09. The van der Waals surface area contributed by atoms with Gasteiger partial charge in [-0.1, -0.05) is 59.7 Å². The minimum atomic E-state index is -4.69. The van der Waals surface area contributed by atoms with E-state index in [-0.39, 0.29) is 5.56 Å². The second-order valence-electron chi connectivity index (χ2n) is 6.85. The first kappa shape index (κ1) is 20.4. The number of aryl methyl sites for hydroxylation is 2. The normalized spacial score (nSPS) is 11.5. The van der Waals surface area contributed by atoms with Crippen molar-refractivity contribution in [2.45, 2.75) is 26.1 Å². The Morgan fingerprint density at radius 3 is 1.93 bits per heavy atom. The summed E-state index contributed by atoms with van der Waals surface area (Å²) < 4.78 is 38.3. The van der Waals surface area contributed by atoms with Crippen LogP contribution in [0.5, 0.6) is 0 Å². The van der Waals surface area contributed by atoms with Crippen molar-refractivity contribution in [3.8, 4) is 0 Å². The molecule has 0 aliphatic rings. The van der Waals surface area contributed by atoms with Gasteiger partial charge in [-0.15, -0.1) is 0 Å². The molecule has 150 valence electrons. The number of alkyl halides is 3. The number of hydrogen-bond acceptors (Lipinski definition) is 2. The van der Waals surface area contributed by atoms with E-state index >= 15 is 0 Å². The van der Waals surface area contributed by atoms with Gasteiger partial charge >= 0.3 is 6.18 Å². The quantitative estimate of drug-likeness (QED) is 0.676. The van der Waals surface area contributed by atoms with Gasteiger partial charge in [-0.05, 0) is 37.1 Å². The average Bonchev–Trinajstić information content (AvgIpc) is 2.65. The van der Waals surface area contributed by atoms with Crippen LogP contribution < -0.4 is 10.9 Å². The SMILES string of the molecule is Cc1cccc(C(NC(=O)c2ccc(C(F)(F)F)[nH]c2=O)c2cccc(C)c2)c1. The van der Waals surface area contributed by atoms with E-state index in [2.05, 4.69) is 5.32 Å². The fraction of sp³-hybridized carbons (Fsp3) is 0.182. The molecule has 4 nitrogen and oxygen atoms in total. The standard InChI is InChI=1S/C22H19F3N2O2/c1-13-5-3-7-15(11-13)19(16-8-4-6-14(2)12-16)27-21(29)17-9-10-18(22(23,24)25)26-20(17)28/h3-12,19H,1-2H3,(H,26,28)(H,27,29). The molecule has 0 bridgehead atoms. The summed E-state index contributed by atoms with van der Waals surface area (Å²) in [6.07, 6.45) is -4.69. The first-order chi connectivity index (χ1) is 13.6. The summed E-state index contributed by atoms with van der Waals surface area (Å²) in [5.74, 6) is -0.756. The van der Waals surface area contributed by atoms with Crippen molar-refractivity contribution in [3.63, 3.8) is 0 Å². The number of carbonyl (C=O) groups excluding carboxylic acids is 1. The molecule has 2 aromatic carbocycles. The number of rotatable bonds is 4. The second kappa shape index (κ2) is 7.95. The van der Waals surface area contributed by atoms with Crippen molar-refractivity contribution in [3.05, 3.63) is 105 Å². The van der Waals surface area contributed by atoms with Gasteiger partial charge in [-0.2, -0.15) is 13.2 Å². The number of benzene rings is 2. The maximum Gasteiger partial charge on any atom is 0.431 e. The van der Waals surface area contributed by atoms with Crippen LogP contribution in [0.3, 0.4) is 0 Å². The number of hydrogen-bond donors (Lipinski definition) is 2. The molecular weight excluding hydrogens is 381 g/mol. The minimum absolute atomic E-state index is 0.386. The number of amides is 1. The molecule has 1 aromatic heterocycles. The maximum absolute atomic E-state index is 12.8. The summed E-state index contributed by atoms with van der Waals surface area (Å²) in [6.45, 7) is 3.83. The van der Waals surface area contributed by atoms with E-state index < -0.39 is 29.4 Å². The zero-order chi connectivity index (χ0) is 21.2. The molecule has 0 fully saturated rings. The Kier molecular flexibility index (Phi) is 5.59. The van der Waals surface area contributed by atoms with Crippen molar-refractivity contribution in [2.24, 2.45) is 0 Å². The lowest BCUT2D eigenvalue weighted by Gasteiger charge is -2.21. The summed E-state index contributed by atoms with van der Waals surface area (Å²) in [5, 5.41) is 2.78. The van der Waals surface area contributed by atoms with Crippen LogP contribution in [-0.2, 0) is 6.18 Å². The highest BCUT2D eigenvalue weighted by Crippen LogP contribution is 2.27. The van der Waals surface area contributed by atoms with Crippen LogP contribution in [0.4, 0.5) is 13.2 Å². The molecule has 3 rings (SSSR count). The Morgan fingerprint density at radius 1 is 0.931 bits per heavy atom. The highest BCUT2D eigenvalue weighted by atomic mass is 19.4. The van der Waals surface area contributed by atoms with Gasteiger partial charge in [0.05, 0.1) is 6.04 Å². The van der Waals surface area contributed by atoms with E-state index in [9.17, 15) is 22.8 Å². The van der Waals surface area contributed by atoms with Crippen LogP contribution >= 0.6 is 0 Å². The van der Waals surface area contributed by atoms with E-state index in [0.29, 0.717) is 6.07 Å². The second-order valence-corrected chi connectivity index (χ2v) is 6.85. The lowest BCUT2D eigenvalue weighted by molar-refractivity contribution is -0.141. The van der Waals surface area contributed by atoms with E-state index in [1.165, 1.54) is 0 Å². The molecule has 29 heavy (non-hydrogen) atoms. The number of H-pyrrole nitrogens is 1. The number of nitrogens with one attached hydrogen (secondary N) is 2. The smallest absolute Gasteiger partial charge is 0.341 e. The van der Waals surface area contributed by atoms with Crippen LogP contribution in [0, 0.1) is 13.8 Å². The molecule has 0 radical (unpaired) electrons. The molecule has 1 heterocycles. The molecule has 0 aliphatic carbocycles. The summed E-state index contributed by atoms with van der Waals surface area (Å²) in [6, 6.07) is 16.0. The summed E-state index contributed by atoms with van der Waals surface area (Å²) in [7, 11) is 0. The van der Waals surface area contributed by atoms with Crippen molar-refractivity contribution >= 4 is 5.91 Å².